The Morgan fingerprint density at radius 2 is 2.20 bits per heavy atom. The highest BCUT2D eigenvalue weighted by molar-refractivity contribution is 5.80. The van der Waals surface area contributed by atoms with Gasteiger partial charge in [-0.05, 0) is 19.4 Å². The van der Waals surface area contributed by atoms with Crippen LogP contribution in [0.5, 0.6) is 0 Å². The van der Waals surface area contributed by atoms with E-state index in [-0.39, 0.29) is 12.0 Å². The van der Waals surface area contributed by atoms with E-state index in [0.29, 0.717) is 25.0 Å². The lowest BCUT2D eigenvalue weighted by atomic mass is 9.96. The molecule has 1 unspecified atom stereocenters. The molecule has 2 aliphatic heterocycles. The van der Waals surface area contributed by atoms with Crippen molar-refractivity contribution in [2.45, 2.75) is 19.9 Å². The van der Waals surface area contributed by atoms with Crippen molar-refractivity contribution < 1.29 is 9.53 Å². The Bertz CT molecular complexity index is 245. The smallest absolute Gasteiger partial charge is 0.227 e. The first kappa shape index (κ1) is 10.9. The number of ether oxygens (including phenoxy) is 1. The third kappa shape index (κ3) is 2.16. The average Bonchev–Trinajstić information content (AvgIpc) is 2.64. The fourth-order valence-corrected chi connectivity index (χ4v) is 2.41. The van der Waals surface area contributed by atoms with Gasteiger partial charge in [-0.3, -0.25) is 4.79 Å². The molecule has 2 fully saturated rings. The van der Waals surface area contributed by atoms with E-state index in [1.165, 1.54) is 0 Å². The summed E-state index contributed by atoms with van der Waals surface area (Å²) in [6.45, 7) is 8.13. The Kier molecular flexibility index (Phi) is 3.26. The van der Waals surface area contributed by atoms with Crippen LogP contribution in [0, 0.1) is 11.8 Å². The number of carbonyl (C=O) groups is 1. The predicted octanol–water partition coefficient (Wildman–Crippen LogP) is 0.0892. The summed E-state index contributed by atoms with van der Waals surface area (Å²) in [5.74, 6) is 0.946. The van der Waals surface area contributed by atoms with Gasteiger partial charge in [0.1, 0.15) is 0 Å². The Labute approximate surface area is 91.0 Å². The van der Waals surface area contributed by atoms with Crippen molar-refractivity contribution >= 4 is 5.91 Å². The van der Waals surface area contributed by atoms with Crippen molar-refractivity contribution in [1.82, 2.24) is 10.2 Å². The summed E-state index contributed by atoms with van der Waals surface area (Å²) in [5, 5.41) is 3.28. The molecule has 0 bridgehead atoms. The van der Waals surface area contributed by atoms with E-state index in [1.807, 2.05) is 4.90 Å². The van der Waals surface area contributed by atoms with Gasteiger partial charge in [-0.15, -0.1) is 0 Å². The van der Waals surface area contributed by atoms with Crippen LogP contribution in [-0.2, 0) is 9.53 Å². The zero-order valence-electron chi connectivity index (χ0n) is 9.53. The number of rotatable bonds is 1. The largest absolute Gasteiger partial charge is 0.377 e. The number of hydrogen-bond acceptors (Lipinski definition) is 3. The van der Waals surface area contributed by atoms with Gasteiger partial charge in [0.15, 0.2) is 0 Å². The zero-order valence-corrected chi connectivity index (χ0v) is 9.53. The molecular weight excluding hydrogens is 192 g/mol. The van der Waals surface area contributed by atoms with E-state index >= 15 is 0 Å². The van der Waals surface area contributed by atoms with Gasteiger partial charge in [-0.25, -0.2) is 0 Å². The summed E-state index contributed by atoms with van der Waals surface area (Å²) in [6.07, 6.45) is 0. The van der Waals surface area contributed by atoms with Gasteiger partial charge in [0.05, 0.1) is 25.2 Å². The van der Waals surface area contributed by atoms with Gasteiger partial charge in [0.25, 0.3) is 0 Å². The predicted molar refractivity (Wildman–Crippen MR) is 57.5 cm³/mol. The van der Waals surface area contributed by atoms with Crippen molar-refractivity contribution in [1.29, 1.82) is 0 Å². The van der Waals surface area contributed by atoms with E-state index in [9.17, 15) is 4.79 Å². The monoisotopic (exact) mass is 212 g/mol. The van der Waals surface area contributed by atoms with Crippen LogP contribution in [-0.4, -0.2) is 49.7 Å². The number of carbonyl (C=O) groups excluding carboxylic acids is 1. The Balaban J connectivity index is 1.99. The summed E-state index contributed by atoms with van der Waals surface area (Å²) >= 11 is 0. The van der Waals surface area contributed by atoms with Gasteiger partial charge in [-0.2, -0.15) is 0 Å². The Morgan fingerprint density at radius 1 is 1.40 bits per heavy atom. The fourth-order valence-electron chi connectivity index (χ4n) is 2.41. The molecule has 0 spiro atoms. The second kappa shape index (κ2) is 4.49. The van der Waals surface area contributed by atoms with Crippen molar-refractivity contribution in [2.75, 3.05) is 32.8 Å². The molecule has 0 radical (unpaired) electrons. The van der Waals surface area contributed by atoms with Crippen LogP contribution < -0.4 is 5.32 Å². The molecule has 1 amide bonds. The van der Waals surface area contributed by atoms with Crippen molar-refractivity contribution in [2.24, 2.45) is 11.8 Å². The van der Waals surface area contributed by atoms with E-state index in [2.05, 4.69) is 19.2 Å². The van der Waals surface area contributed by atoms with E-state index in [4.69, 9.17) is 4.74 Å². The summed E-state index contributed by atoms with van der Waals surface area (Å²) in [5.41, 5.74) is 0. The second-order valence-corrected chi connectivity index (χ2v) is 4.70. The molecule has 4 nitrogen and oxygen atoms in total. The van der Waals surface area contributed by atoms with Crippen LogP contribution in [0.4, 0.5) is 0 Å². The Hall–Kier alpha value is -0.610. The summed E-state index contributed by atoms with van der Waals surface area (Å²) < 4.78 is 5.34. The van der Waals surface area contributed by atoms with Crippen molar-refractivity contribution in [3.05, 3.63) is 0 Å². The number of nitrogens with zero attached hydrogens (tertiary/aromatic N) is 1. The highest BCUT2D eigenvalue weighted by Gasteiger charge is 2.35. The van der Waals surface area contributed by atoms with E-state index in [1.54, 1.807) is 0 Å². The van der Waals surface area contributed by atoms with Crippen LogP contribution in [0.2, 0.25) is 0 Å². The summed E-state index contributed by atoms with van der Waals surface area (Å²) in [4.78, 5) is 14.2. The molecule has 2 aliphatic rings. The highest BCUT2D eigenvalue weighted by Crippen LogP contribution is 2.20. The third-order valence-corrected chi connectivity index (χ3v) is 3.49. The van der Waals surface area contributed by atoms with Crippen LogP contribution in [0.15, 0.2) is 0 Å². The normalized spacial score (nSPS) is 36.9. The molecule has 3 atom stereocenters. The molecule has 2 saturated heterocycles. The average molecular weight is 212 g/mol. The minimum atomic E-state index is 0.172. The maximum atomic E-state index is 12.3. The van der Waals surface area contributed by atoms with Gasteiger partial charge in [-0.1, -0.05) is 6.92 Å². The maximum absolute atomic E-state index is 12.3. The van der Waals surface area contributed by atoms with E-state index < -0.39 is 0 Å². The van der Waals surface area contributed by atoms with Crippen LogP contribution in [0.25, 0.3) is 0 Å². The Morgan fingerprint density at radius 3 is 2.80 bits per heavy atom. The molecule has 0 saturated carbocycles. The molecule has 86 valence electrons. The fraction of sp³-hybridized carbons (Fsp3) is 0.909. The standard InChI is InChI=1S/C11H20N2O2/c1-8-5-12-6-10(8)11(14)13-3-4-15-7-9(13)2/h8-10,12H,3-7H2,1-2H3/t8-,9?,10-/m1/s1. The third-order valence-electron chi connectivity index (χ3n) is 3.49. The van der Waals surface area contributed by atoms with Crippen molar-refractivity contribution in [3.63, 3.8) is 0 Å². The molecular formula is C11H20N2O2. The lowest BCUT2D eigenvalue weighted by molar-refractivity contribution is -0.144. The topological polar surface area (TPSA) is 41.6 Å². The SMILES string of the molecule is CC1COCCN1C(=O)[C@@H]1CNC[C@H]1C. The van der Waals surface area contributed by atoms with E-state index in [0.717, 1.165) is 19.6 Å². The molecule has 15 heavy (non-hydrogen) atoms. The van der Waals surface area contributed by atoms with Gasteiger partial charge < -0.3 is 15.0 Å². The highest BCUT2D eigenvalue weighted by atomic mass is 16.5. The molecule has 1 N–H and O–H groups in total. The quantitative estimate of drug-likeness (QED) is 0.670. The van der Waals surface area contributed by atoms with Crippen molar-refractivity contribution in [3.8, 4) is 0 Å². The second-order valence-electron chi connectivity index (χ2n) is 4.70. The molecule has 0 aliphatic carbocycles. The lowest BCUT2D eigenvalue weighted by Gasteiger charge is -2.35. The maximum Gasteiger partial charge on any atom is 0.227 e. The molecule has 4 heteroatoms. The molecule has 2 rings (SSSR count). The number of hydrogen-bond donors (Lipinski definition) is 1. The molecule has 0 aromatic heterocycles. The first-order chi connectivity index (χ1) is 7.20. The minimum absolute atomic E-state index is 0.172. The van der Waals surface area contributed by atoms with Gasteiger partial charge in [0.2, 0.25) is 5.91 Å². The minimum Gasteiger partial charge on any atom is -0.377 e. The van der Waals surface area contributed by atoms with Crippen LogP contribution in [0.1, 0.15) is 13.8 Å². The first-order valence-corrected chi connectivity index (χ1v) is 5.79. The summed E-state index contributed by atoms with van der Waals surface area (Å²) in [6, 6.07) is 0.235. The van der Waals surface area contributed by atoms with Gasteiger partial charge >= 0.3 is 0 Å². The number of nitrogens with one attached hydrogen (secondary N) is 1. The van der Waals surface area contributed by atoms with Crippen LogP contribution >= 0.6 is 0 Å². The number of morpholine rings is 1. The molecule has 2 heterocycles. The van der Waals surface area contributed by atoms with Gasteiger partial charge in [0, 0.05) is 13.1 Å². The van der Waals surface area contributed by atoms with Crippen LogP contribution in [0.3, 0.4) is 0 Å². The zero-order chi connectivity index (χ0) is 10.8. The first-order valence-electron chi connectivity index (χ1n) is 5.79. The summed E-state index contributed by atoms with van der Waals surface area (Å²) in [7, 11) is 0. The molecule has 0 aromatic carbocycles. The lowest BCUT2D eigenvalue weighted by Crippen LogP contribution is -2.50. The molecule has 0 aromatic rings. The number of amides is 1.